The predicted molar refractivity (Wildman–Crippen MR) is 132 cm³/mol. The summed E-state index contributed by atoms with van der Waals surface area (Å²) in [6, 6.07) is 13.1. The Morgan fingerprint density at radius 2 is 1.91 bits per heavy atom. The molecule has 33 heavy (non-hydrogen) atoms. The van der Waals surface area contributed by atoms with Crippen molar-refractivity contribution >= 4 is 57.3 Å². The standard InChI is InChI=1S/C23H18Cl2N6OS/c1-14-22-15(19-6-3-11-33-19)7-9-26-23(22)31(28-14)13-21(32)27-20-8-10-30(29-20)12-16-17(24)4-2-5-18(16)25/h2-11H,12-13H2,1H3,(H,27,29,32). The van der Waals surface area contributed by atoms with Crippen LogP contribution in [0.15, 0.2) is 60.2 Å². The van der Waals surface area contributed by atoms with E-state index in [0.29, 0.717) is 28.1 Å². The van der Waals surface area contributed by atoms with Gasteiger partial charge in [-0.1, -0.05) is 35.3 Å². The molecule has 5 aromatic rings. The Hall–Kier alpha value is -3.20. The maximum Gasteiger partial charge on any atom is 0.247 e. The average molecular weight is 497 g/mol. The molecule has 0 saturated heterocycles. The first kappa shape index (κ1) is 21.6. The number of aryl methyl sites for hydroxylation is 1. The summed E-state index contributed by atoms with van der Waals surface area (Å²) >= 11 is 14.1. The van der Waals surface area contributed by atoms with Crippen LogP contribution in [0.1, 0.15) is 11.3 Å². The van der Waals surface area contributed by atoms with Gasteiger partial charge in [-0.3, -0.25) is 9.48 Å². The zero-order chi connectivity index (χ0) is 22.9. The lowest BCUT2D eigenvalue weighted by Crippen LogP contribution is -2.20. The van der Waals surface area contributed by atoms with E-state index in [4.69, 9.17) is 23.2 Å². The molecule has 10 heteroatoms. The Morgan fingerprint density at radius 1 is 1.09 bits per heavy atom. The number of hydrogen-bond acceptors (Lipinski definition) is 5. The Kier molecular flexibility index (Phi) is 5.88. The van der Waals surface area contributed by atoms with Crippen LogP contribution in [0.4, 0.5) is 5.82 Å². The minimum atomic E-state index is -0.247. The van der Waals surface area contributed by atoms with Crippen molar-refractivity contribution in [2.75, 3.05) is 5.32 Å². The Bertz CT molecular complexity index is 1440. The summed E-state index contributed by atoms with van der Waals surface area (Å²) in [5, 5.41) is 15.9. The van der Waals surface area contributed by atoms with Gasteiger partial charge in [0.2, 0.25) is 5.91 Å². The number of benzene rings is 1. The number of fused-ring (bicyclic) bond motifs is 1. The van der Waals surface area contributed by atoms with Gasteiger partial charge in [0.05, 0.1) is 17.6 Å². The monoisotopic (exact) mass is 496 g/mol. The fraction of sp³-hybridized carbons (Fsp3) is 0.130. The van der Waals surface area contributed by atoms with E-state index in [0.717, 1.165) is 27.1 Å². The van der Waals surface area contributed by atoms with E-state index < -0.39 is 0 Å². The first-order valence-electron chi connectivity index (χ1n) is 10.1. The van der Waals surface area contributed by atoms with Crippen molar-refractivity contribution in [2.24, 2.45) is 0 Å². The molecule has 0 aliphatic heterocycles. The molecule has 7 nitrogen and oxygen atoms in total. The van der Waals surface area contributed by atoms with Crippen molar-refractivity contribution in [3.63, 3.8) is 0 Å². The van der Waals surface area contributed by atoms with Gasteiger partial charge in [0.1, 0.15) is 6.54 Å². The quantitative estimate of drug-likeness (QED) is 0.329. The number of anilines is 1. The molecule has 0 atom stereocenters. The van der Waals surface area contributed by atoms with Crippen molar-refractivity contribution in [3.8, 4) is 10.4 Å². The van der Waals surface area contributed by atoms with Crippen LogP contribution >= 0.6 is 34.5 Å². The summed E-state index contributed by atoms with van der Waals surface area (Å²) in [6.07, 6.45) is 3.51. The topological polar surface area (TPSA) is 77.6 Å². The number of nitrogens with zero attached hydrogens (tertiary/aromatic N) is 5. The number of aromatic nitrogens is 5. The molecule has 0 fully saturated rings. The molecular weight excluding hydrogens is 479 g/mol. The molecule has 5 rings (SSSR count). The molecule has 0 unspecified atom stereocenters. The number of nitrogens with one attached hydrogen (secondary N) is 1. The highest BCUT2D eigenvalue weighted by Crippen LogP contribution is 2.32. The van der Waals surface area contributed by atoms with Crippen LogP contribution in [-0.4, -0.2) is 30.5 Å². The van der Waals surface area contributed by atoms with Gasteiger partial charge in [0.25, 0.3) is 0 Å². The minimum Gasteiger partial charge on any atom is -0.308 e. The lowest BCUT2D eigenvalue weighted by molar-refractivity contribution is -0.116. The van der Waals surface area contributed by atoms with Gasteiger partial charge >= 0.3 is 0 Å². The summed E-state index contributed by atoms with van der Waals surface area (Å²) in [5.74, 6) is 0.187. The smallest absolute Gasteiger partial charge is 0.247 e. The fourth-order valence-electron chi connectivity index (χ4n) is 3.71. The van der Waals surface area contributed by atoms with E-state index in [1.54, 1.807) is 57.4 Å². The molecule has 1 amide bonds. The van der Waals surface area contributed by atoms with Crippen molar-refractivity contribution in [1.29, 1.82) is 0 Å². The van der Waals surface area contributed by atoms with Crippen LogP contribution in [0.25, 0.3) is 21.5 Å². The Morgan fingerprint density at radius 3 is 2.67 bits per heavy atom. The van der Waals surface area contributed by atoms with Gasteiger partial charge in [0.15, 0.2) is 11.5 Å². The highest BCUT2D eigenvalue weighted by Gasteiger charge is 2.17. The molecule has 0 radical (unpaired) electrons. The molecule has 1 N–H and O–H groups in total. The van der Waals surface area contributed by atoms with E-state index in [1.807, 2.05) is 24.4 Å². The van der Waals surface area contributed by atoms with Gasteiger partial charge in [-0.15, -0.1) is 11.3 Å². The molecule has 4 aromatic heterocycles. The van der Waals surface area contributed by atoms with Gasteiger partial charge in [-0.05, 0) is 36.6 Å². The number of carbonyl (C=O) groups excluding carboxylic acids is 1. The molecule has 0 bridgehead atoms. The molecule has 0 saturated carbocycles. The maximum absolute atomic E-state index is 12.7. The zero-order valence-corrected chi connectivity index (χ0v) is 19.8. The second kappa shape index (κ2) is 8.97. The van der Waals surface area contributed by atoms with Crippen LogP contribution in [0.2, 0.25) is 10.0 Å². The number of halogens is 2. The molecule has 1 aromatic carbocycles. The number of hydrogen-bond donors (Lipinski definition) is 1. The third-order valence-electron chi connectivity index (χ3n) is 5.18. The van der Waals surface area contributed by atoms with Crippen molar-refractivity contribution < 1.29 is 4.79 Å². The number of carbonyl (C=O) groups is 1. The SMILES string of the molecule is Cc1nn(CC(=O)Nc2ccn(Cc3c(Cl)cccc3Cl)n2)c2nccc(-c3cccs3)c12. The third kappa shape index (κ3) is 4.37. The molecule has 0 aliphatic rings. The lowest BCUT2D eigenvalue weighted by Gasteiger charge is -2.07. The van der Waals surface area contributed by atoms with Crippen LogP contribution in [0, 0.1) is 6.92 Å². The van der Waals surface area contributed by atoms with E-state index >= 15 is 0 Å². The second-order valence-corrected chi connectivity index (χ2v) is 9.19. The minimum absolute atomic E-state index is 0.0223. The molecule has 4 heterocycles. The number of thiophene rings is 1. The zero-order valence-electron chi connectivity index (χ0n) is 17.5. The molecule has 0 aliphatic carbocycles. The number of rotatable bonds is 6. The third-order valence-corrected chi connectivity index (χ3v) is 6.79. The predicted octanol–water partition coefficient (Wildman–Crippen LogP) is 5.66. The van der Waals surface area contributed by atoms with E-state index in [9.17, 15) is 4.79 Å². The van der Waals surface area contributed by atoms with Crippen LogP contribution in [0.3, 0.4) is 0 Å². The van der Waals surface area contributed by atoms with Gasteiger partial charge in [-0.2, -0.15) is 10.2 Å². The Balaban J connectivity index is 1.33. The fourth-order valence-corrected chi connectivity index (χ4v) is 4.98. The van der Waals surface area contributed by atoms with Crippen LogP contribution < -0.4 is 5.32 Å². The Labute approximate surface area is 203 Å². The second-order valence-electron chi connectivity index (χ2n) is 7.42. The maximum atomic E-state index is 12.7. The molecule has 166 valence electrons. The van der Waals surface area contributed by atoms with Gasteiger partial charge in [0, 0.05) is 44.5 Å². The van der Waals surface area contributed by atoms with Crippen molar-refractivity contribution in [2.45, 2.75) is 20.0 Å². The first-order chi connectivity index (χ1) is 16.0. The summed E-state index contributed by atoms with van der Waals surface area (Å²) in [6.45, 7) is 2.35. The summed E-state index contributed by atoms with van der Waals surface area (Å²) in [5.41, 5.74) is 3.34. The van der Waals surface area contributed by atoms with Crippen molar-refractivity contribution in [1.82, 2.24) is 24.5 Å². The summed E-state index contributed by atoms with van der Waals surface area (Å²) < 4.78 is 3.29. The highest BCUT2D eigenvalue weighted by molar-refractivity contribution is 7.13. The summed E-state index contributed by atoms with van der Waals surface area (Å²) in [4.78, 5) is 18.4. The lowest BCUT2D eigenvalue weighted by atomic mass is 10.1. The van der Waals surface area contributed by atoms with E-state index in [2.05, 4.69) is 26.6 Å². The van der Waals surface area contributed by atoms with Gasteiger partial charge in [-0.25, -0.2) is 9.67 Å². The number of pyridine rings is 1. The first-order valence-corrected chi connectivity index (χ1v) is 11.8. The molecule has 0 spiro atoms. The largest absolute Gasteiger partial charge is 0.308 e. The molecular formula is C23H18Cl2N6OS. The highest BCUT2D eigenvalue weighted by atomic mass is 35.5. The van der Waals surface area contributed by atoms with E-state index in [1.165, 1.54) is 0 Å². The van der Waals surface area contributed by atoms with E-state index in [-0.39, 0.29) is 12.5 Å². The van der Waals surface area contributed by atoms with Crippen LogP contribution in [-0.2, 0) is 17.9 Å². The number of amides is 1. The van der Waals surface area contributed by atoms with Crippen LogP contribution in [0.5, 0.6) is 0 Å². The van der Waals surface area contributed by atoms with Gasteiger partial charge < -0.3 is 5.32 Å². The van der Waals surface area contributed by atoms with Crippen molar-refractivity contribution in [3.05, 3.63) is 81.5 Å². The normalized spacial score (nSPS) is 11.2. The summed E-state index contributed by atoms with van der Waals surface area (Å²) in [7, 11) is 0. The average Bonchev–Trinajstić information content (AvgIpc) is 3.53.